The van der Waals surface area contributed by atoms with E-state index in [2.05, 4.69) is 4.98 Å². The summed E-state index contributed by atoms with van der Waals surface area (Å²) in [4.78, 5) is 4.04. The van der Waals surface area contributed by atoms with Gasteiger partial charge in [0.05, 0.1) is 5.02 Å². The van der Waals surface area contributed by atoms with Crippen molar-refractivity contribution in [3.8, 4) is 11.6 Å². The highest BCUT2D eigenvalue weighted by atomic mass is 35.5. The molecule has 0 saturated heterocycles. The van der Waals surface area contributed by atoms with E-state index in [1.165, 1.54) is 6.20 Å². The van der Waals surface area contributed by atoms with Gasteiger partial charge in [-0.15, -0.1) is 0 Å². The number of benzene rings is 1. The number of halogens is 2. The number of nitrogens with zero attached hydrogens (tertiary/aromatic N) is 1. The highest BCUT2D eigenvalue weighted by Crippen LogP contribution is 2.29. The molecule has 0 atom stereocenters. The molecule has 5 heteroatoms. The van der Waals surface area contributed by atoms with Crippen LogP contribution in [0.3, 0.4) is 0 Å². The highest BCUT2D eigenvalue weighted by molar-refractivity contribution is 6.31. The average Bonchev–Trinajstić information content (AvgIpc) is 2.32. The lowest BCUT2D eigenvalue weighted by molar-refractivity contribution is 0.457. The first-order chi connectivity index (χ1) is 8.20. The van der Waals surface area contributed by atoms with Crippen molar-refractivity contribution >= 4 is 23.2 Å². The Morgan fingerprint density at radius 2 is 2.00 bits per heavy atom. The van der Waals surface area contributed by atoms with Crippen molar-refractivity contribution in [3.05, 3.63) is 52.1 Å². The van der Waals surface area contributed by atoms with E-state index in [0.717, 1.165) is 5.56 Å². The standard InChI is InChI=1S/C12H10Cl2N2O/c13-8-4-5-12(16-7-8)17-11-3-1-2-10(14)9(11)6-15/h1-5,7H,6,15H2. The maximum Gasteiger partial charge on any atom is 0.219 e. The molecule has 0 fully saturated rings. The molecular weight excluding hydrogens is 259 g/mol. The molecule has 17 heavy (non-hydrogen) atoms. The molecule has 2 rings (SSSR count). The molecule has 0 amide bonds. The number of ether oxygens (including phenoxy) is 1. The van der Waals surface area contributed by atoms with Gasteiger partial charge in [-0.2, -0.15) is 0 Å². The first-order valence-corrected chi connectivity index (χ1v) is 5.73. The summed E-state index contributed by atoms with van der Waals surface area (Å²) in [6.45, 7) is 0.308. The second-order valence-electron chi connectivity index (χ2n) is 3.34. The van der Waals surface area contributed by atoms with Crippen molar-refractivity contribution < 1.29 is 4.74 Å². The maximum atomic E-state index is 6.02. The van der Waals surface area contributed by atoms with E-state index in [9.17, 15) is 0 Å². The van der Waals surface area contributed by atoms with Gasteiger partial charge in [0.2, 0.25) is 5.88 Å². The predicted octanol–water partition coefficient (Wildman–Crippen LogP) is 3.64. The fourth-order valence-corrected chi connectivity index (χ4v) is 1.72. The quantitative estimate of drug-likeness (QED) is 0.925. The summed E-state index contributed by atoms with van der Waals surface area (Å²) in [5, 5.41) is 1.14. The zero-order valence-electron chi connectivity index (χ0n) is 8.86. The summed E-state index contributed by atoms with van der Waals surface area (Å²) in [5.74, 6) is 1.06. The number of nitrogens with two attached hydrogens (primary N) is 1. The van der Waals surface area contributed by atoms with Crippen molar-refractivity contribution in [2.24, 2.45) is 5.73 Å². The Labute approximate surface area is 109 Å². The van der Waals surface area contributed by atoms with Crippen LogP contribution in [0.25, 0.3) is 0 Å². The largest absolute Gasteiger partial charge is 0.439 e. The molecule has 2 aromatic rings. The molecule has 0 aliphatic carbocycles. The van der Waals surface area contributed by atoms with Crippen LogP contribution in [-0.4, -0.2) is 4.98 Å². The molecule has 1 aromatic carbocycles. The lowest BCUT2D eigenvalue weighted by Crippen LogP contribution is -2.00. The van der Waals surface area contributed by atoms with E-state index in [1.807, 2.05) is 0 Å². The second kappa shape index (κ2) is 5.36. The number of aromatic nitrogens is 1. The molecule has 88 valence electrons. The van der Waals surface area contributed by atoms with Gasteiger partial charge in [-0.25, -0.2) is 4.98 Å². The SMILES string of the molecule is NCc1c(Cl)cccc1Oc1ccc(Cl)cn1. The Morgan fingerprint density at radius 3 is 2.65 bits per heavy atom. The molecule has 1 heterocycles. The third-order valence-electron chi connectivity index (χ3n) is 2.19. The number of rotatable bonds is 3. The molecule has 0 radical (unpaired) electrons. The van der Waals surface area contributed by atoms with Crippen LogP contribution in [-0.2, 0) is 6.54 Å². The summed E-state index contributed by atoms with van der Waals surface area (Å²) >= 11 is 11.8. The van der Waals surface area contributed by atoms with E-state index < -0.39 is 0 Å². The Bertz CT molecular complexity index is 514. The van der Waals surface area contributed by atoms with Gasteiger partial charge >= 0.3 is 0 Å². The van der Waals surface area contributed by atoms with Gasteiger partial charge in [-0.3, -0.25) is 0 Å². The summed E-state index contributed by atoms with van der Waals surface area (Å²) in [6, 6.07) is 8.75. The molecule has 0 spiro atoms. The molecule has 0 aliphatic heterocycles. The minimum atomic E-state index is 0.308. The lowest BCUT2D eigenvalue weighted by atomic mass is 10.2. The molecule has 0 unspecified atom stereocenters. The Morgan fingerprint density at radius 1 is 1.18 bits per heavy atom. The van der Waals surface area contributed by atoms with Crippen molar-refractivity contribution in [1.82, 2.24) is 4.98 Å². The molecule has 3 nitrogen and oxygen atoms in total. The molecule has 0 bridgehead atoms. The van der Waals surface area contributed by atoms with Crippen LogP contribution >= 0.6 is 23.2 Å². The van der Waals surface area contributed by atoms with Gasteiger partial charge in [-0.1, -0.05) is 29.3 Å². The molecule has 1 aromatic heterocycles. The van der Waals surface area contributed by atoms with E-state index in [4.69, 9.17) is 33.7 Å². The normalized spacial score (nSPS) is 10.3. The summed E-state index contributed by atoms with van der Waals surface area (Å²) in [7, 11) is 0. The fourth-order valence-electron chi connectivity index (χ4n) is 1.37. The third kappa shape index (κ3) is 2.88. The highest BCUT2D eigenvalue weighted by Gasteiger charge is 2.07. The predicted molar refractivity (Wildman–Crippen MR) is 68.7 cm³/mol. The van der Waals surface area contributed by atoms with Crippen LogP contribution in [0.2, 0.25) is 10.0 Å². The monoisotopic (exact) mass is 268 g/mol. The van der Waals surface area contributed by atoms with Crippen LogP contribution in [0.5, 0.6) is 11.6 Å². The Balaban J connectivity index is 2.29. The maximum absolute atomic E-state index is 6.02. The van der Waals surface area contributed by atoms with Crippen molar-refractivity contribution in [2.45, 2.75) is 6.54 Å². The van der Waals surface area contributed by atoms with Gasteiger partial charge in [0.25, 0.3) is 0 Å². The fraction of sp³-hybridized carbons (Fsp3) is 0.0833. The van der Waals surface area contributed by atoms with Crippen molar-refractivity contribution in [3.63, 3.8) is 0 Å². The van der Waals surface area contributed by atoms with Crippen LogP contribution in [0.1, 0.15) is 5.56 Å². The number of hydrogen-bond acceptors (Lipinski definition) is 3. The zero-order chi connectivity index (χ0) is 12.3. The van der Waals surface area contributed by atoms with E-state index in [1.54, 1.807) is 30.3 Å². The second-order valence-corrected chi connectivity index (χ2v) is 4.18. The topological polar surface area (TPSA) is 48.1 Å². The third-order valence-corrected chi connectivity index (χ3v) is 2.77. The molecule has 2 N–H and O–H groups in total. The van der Waals surface area contributed by atoms with Crippen LogP contribution in [0, 0.1) is 0 Å². The van der Waals surface area contributed by atoms with Crippen LogP contribution < -0.4 is 10.5 Å². The lowest BCUT2D eigenvalue weighted by Gasteiger charge is -2.10. The molecule has 0 aliphatic rings. The number of pyridine rings is 1. The summed E-state index contributed by atoms with van der Waals surface area (Å²) in [6.07, 6.45) is 1.52. The van der Waals surface area contributed by atoms with E-state index >= 15 is 0 Å². The smallest absolute Gasteiger partial charge is 0.219 e. The average molecular weight is 269 g/mol. The Kier molecular flexibility index (Phi) is 3.84. The molecule has 0 saturated carbocycles. The summed E-state index contributed by atoms with van der Waals surface area (Å²) < 4.78 is 5.60. The minimum Gasteiger partial charge on any atom is -0.439 e. The molecular formula is C12H10Cl2N2O. The first kappa shape index (κ1) is 12.2. The number of hydrogen-bond donors (Lipinski definition) is 1. The van der Waals surface area contributed by atoms with Gasteiger partial charge in [0.15, 0.2) is 0 Å². The van der Waals surface area contributed by atoms with Gasteiger partial charge < -0.3 is 10.5 Å². The van der Waals surface area contributed by atoms with Crippen LogP contribution in [0.15, 0.2) is 36.5 Å². The summed E-state index contributed by atoms with van der Waals surface area (Å²) in [5.41, 5.74) is 6.38. The Hall–Kier alpha value is -1.29. The minimum absolute atomic E-state index is 0.308. The zero-order valence-corrected chi connectivity index (χ0v) is 10.4. The van der Waals surface area contributed by atoms with Crippen molar-refractivity contribution in [1.29, 1.82) is 0 Å². The first-order valence-electron chi connectivity index (χ1n) is 4.97. The van der Waals surface area contributed by atoms with E-state index in [0.29, 0.717) is 28.2 Å². The van der Waals surface area contributed by atoms with Crippen molar-refractivity contribution in [2.75, 3.05) is 0 Å². The van der Waals surface area contributed by atoms with Gasteiger partial charge in [0, 0.05) is 29.4 Å². The van der Waals surface area contributed by atoms with E-state index in [-0.39, 0.29) is 0 Å². The van der Waals surface area contributed by atoms with Crippen LogP contribution in [0.4, 0.5) is 0 Å². The van der Waals surface area contributed by atoms with Gasteiger partial charge in [0.1, 0.15) is 5.75 Å². The van der Waals surface area contributed by atoms with Gasteiger partial charge in [-0.05, 0) is 18.2 Å².